The summed E-state index contributed by atoms with van der Waals surface area (Å²) in [6, 6.07) is 0. The quantitative estimate of drug-likeness (QED) is 0.466. The Bertz CT molecular complexity index is 209. The minimum Gasteiger partial charge on any atom is -0.299 e. The number of carbonyl (C=O) groups excluding carboxylic acids is 1. The summed E-state index contributed by atoms with van der Waals surface area (Å²) in [5.41, 5.74) is 1.47. The zero-order valence-corrected chi connectivity index (χ0v) is 6.31. The van der Waals surface area contributed by atoms with Crippen LogP contribution in [-0.4, -0.2) is 5.78 Å². The van der Waals surface area contributed by atoms with Gasteiger partial charge >= 0.3 is 0 Å². The van der Waals surface area contributed by atoms with Crippen molar-refractivity contribution in [3.05, 3.63) is 11.6 Å². The summed E-state index contributed by atoms with van der Waals surface area (Å²) in [4.78, 5) is 11.3. The molecule has 2 aliphatic rings. The van der Waals surface area contributed by atoms with Gasteiger partial charge < -0.3 is 0 Å². The van der Waals surface area contributed by atoms with E-state index in [0.29, 0.717) is 5.78 Å². The molecule has 1 nitrogen and oxygen atoms in total. The maximum atomic E-state index is 11.3. The van der Waals surface area contributed by atoms with E-state index in [4.69, 9.17) is 0 Å². The number of rotatable bonds is 0. The van der Waals surface area contributed by atoms with Crippen molar-refractivity contribution < 1.29 is 4.79 Å². The van der Waals surface area contributed by atoms with E-state index in [-0.39, 0.29) is 5.41 Å². The Kier molecular flexibility index (Phi) is 1.05. The minimum absolute atomic E-state index is 0.0579. The fourth-order valence-corrected chi connectivity index (χ4v) is 1.74. The Morgan fingerprint density at radius 1 is 1.40 bits per heavy atom. The Morgan fingerprint density at radius 3 is 2.60 bits per heavy atom. The van der Waals surface area contributed by atoms with Gasteiger partial charge in [-0.05, 0) is 26.2 Å². The Balaban J connectivity index is 2.31. The number of hydrogen-bond acceptors (Lipinski definition) is 1. The number of ketones is 1. The molecule has 0 aromatic carbocycles. The molecule has 0 heterocycles. The normalized spacial score (nSPS) is 28.5. The zero-order valence-electron chi connectivity index (χ0n) is 6.31. The maximum Gasteiger partial charge on any atom is 0.143 e. The summed E-state index contributed by atoms with van der Waals surface area (Å²) >= 11 is 0. The van der Waals surface area contributed by atoms with E-state index in [1.807, 2.05) is 0 Å². The van der Waals surface area contributed by atoms with Crippen LogP contribution in [0.2, 0.25) is 0 Å². The average molecular weight is 136 g/mol. The Morgan fingerprint density at radius 2 is 2.10 bits per heavy atom. The van der Waals surface area contributed by atoms with Crippen LogP contribution in [0.15, 0.2) is 11.6 Å². The van der Waals surface area contributed by atoms with Crippen molar-refractivity contribution in [2.75, 3.05) is 0 Å². The molecule has 2 aliphatic carbocycles. The summed E-state index contributed by atoms with van der Waals surface area (Å²) in [5.74, 6) is 0.484. The van der Waals surface area contributed by atoms with E-state index in [9.17, 15) is 4.79 Å². The van der Waals surface area contributed by atoms with Crippen LogP contribution in [0, 0.1) is 5.41 Å². The van der Waals surface area contributed by atoms with Crippen LogP contribution in [0.4, 0.5) is 0 Å². The molecule has 1 fully saturated rings. The second-order valence-electron chi connectivity index (χ2n) is 3.57. The van der Waals surface area contributed by atoms with Crippen molar-refractivity contribution in [2.24, 2.45) is 5.41 Å². The van der Waals surface area contributed by atoms with Gasteiger partial charge in [-0.2, -0.15) is 0 Å². The third-order valence-corrected chi connectivity index (χ3v) is 2.61. The van der Waals surface area contributed by atoms with Crippen LogP contribution in [-0.2, 0) is 4.79 Å². The SMILES string of the molecule is CC1=CC2(CC2)C(=O)CC1. The van der Waals surface area contributed by atoms with Gasteiger partial charge in [0, 0.05) is 11.8 Å². The van der Waals surface area contributed by atoms with Gasteiger partial charge in [0.1, 0.15) is 5.78 Å². The Hall–Kier alpha value is -0.590. The summed E-state index contributed by atoms with van der Waals surface area (Å²) in [6.45, 7) is 2.13. The summed E-state index contributed by atoms with van der Waals surface area (Å²) in [7, 11) is 0. The number of Topliss-reactive ketones (excluding diaryl/α,β-unsaturated/α-hetero) is 1. The van der Waals surface area contributed by atoms with Crippen molar-refractivity contribution in [3.8, 4) is 0 Å². The average Bonchev–Trinajstić information content (AvgIpc) is 2.62. The van der Waals surface area contributed by atoms with Gasteiger partial charge in [0.25, 0.3) is 0 Å². The molecule has 0 radical (unpaired) electrons. The highest BCUT2D eigenvalue weighted by Crippen LogP contribution is 2.51. The van der Waals surface area contributed by atoms with Crippen LogP contribution in [0.25, 0.3) is 0 Å². The summed E-state index contributed by atoms with van der Waals surface area (Å²) in [6.07, 6.45) is 6.22. The lowest BCUT2D eigenvalue weighted by molar-refractivity contribution is -0.123. The lowest BCUT2D eigenvalue weighted by Gasteiger charge is -2.16. The molecule has 0 N–H and O–H groups in total. The molecule has 1 heteroatoms. The zero-order chi connectivity index (χ0) is 7.19. The molecule has 1 saturated carbocycles. The van der Waals surface area contributed by atoms with Crippen molar-refractivity contribution in [3.63, 3.8) is 0 Å². The fourth-order valence-electron chi connectivity index (χ4n) is 1.74. The second-order valence-corrected chi connectivity index (χ2v) is 3.57. The first-order valence-electron chi connectivity index (χ1n) is 3.95. The molecule has 10 heavy (non-hydrogen) atoms. The number of allylic oxidation sites excluding steroid dienone is 2. The van der Waals surface area contributed by atoms with E-state index in [0.717, 1.165) is 25.7 Å². The molecule has 0 aromatic rings. The van der Waals surface area contributed by atoms with Crippen LogP contribution in [0.1, 0.15) is 32.6 Å². The van der Waals surface area contributed by atoms with Gasteiger partial charge in [0.15, 0.2) is 0 Å². The topological polar surface area (TPSA) is 17.1 Å². The fraction of sp³-hybridized carbons (Fsp3) is 0.667. The summed E-state index contributed by atoms with van der Waals surface area (Å²) in [5, 5.41) is 0. The molecular formula is C9H12O. The molecule has 2 rings (SSSR count). The van der Waals surface area contributed by atoms with Crippen LogP contribution in [0.3, 0.4) is 0 Å². The molecular weight excluding hydrogens is 124 g/mol. The third kappa shape index (κ3) is 0.731. The van der Waals surface area contributed by atoms with Crippen molar-refractivity contribution >= 4 is 5.78 Å². The van der Waals surface area contributed by atoms with Gasteiger partial charge in [-0.3, -0.25) is 4.79 Å². The first-order valence-corrected chi connectivity index (χ1v) is 3.95. The highest BCUT2D eigenvalue weighted by Gasteiger charge is 2.48. The smallest absolute Gasteiger partial charge is 0.143 e. The highest BCUT2D eigenvalue weighted by atomic mass is 16.1. The first-order chi connectivity index (χ1) is 4.73. The molecule has 54 valence electrons. The molecule has 0 bridgehead atoms. The number of carbonyl (C=O) groups is 1. The van der Waals surface area contributed by atoms with Crippen LogP contribution in [0.5, 0.6) is 0 Å². The molecule has 0 atom stereocenters. The van der Waals surface area contributed by atoms with Crippen molar-refractivity contribution in [2.45, 2.75) is 32.6 Å². The van der Waals surface area contributed by atoms with Crippen LogP contribution >= 0.6 is 0 Å². The molecule has 0 amide bonds. The molecule has 0 saturated heterocycles. The first kappa shape index (κ1) is 6.14. The minimum atomic E-state index is 0.0579. The summed E-state index contributed by atoms with van der Waals surface area (Å²) < 4.78 is 0. The van der Waals surface area contributed by atoms with Gasteiger partial charge in [0.2, 0.25) is 0 Å². The van der Waals surface area contributed by atoms with E-state index in [1.54, 1.807) is 0 Å². The van der Waals surface area contributed by atoms with Crippen molar-refractivity contribution in [1.29, 1.82) is 0 Å². The van der Waals surface area contributed by atoms with Gasteiger partial charge in [-0.15, -0.1) is 0 Å². The molecule has 0 aliphatic heterocycles. The molecule has 0 unspecified atom stereocenters. The number of hydrogen-bond donors (Lipinski definition) is 0. The standard InChI is InChI=1S/C9H12O/c1-7-2-3-8(10)9(6-7)4-5-9/h6H,2-5H2,1H3. The predicted molar refractivity (Wildman–Crippen MR) is 39.7 cm³/mol. The van der Waals surface area contributed by atoms with E-state index in [1.165, 1.54) is 5.57 Å². The molecule has 1 spiro atoms. The lowest BCUT2D eigenvalue weighted by Crippen LogP contribution is -2.17. The Labute approximate surface area is 61.1 Å². The van der Waals surface area contributed by atoms with Gasteiger partial charge in [-0.1, -0.05) is 11.6 Å². The maximum absolute atomic E-state index is 11.3. The van der Waals surface area contributed by atoms with Gasteiger partial charge in [-0.25, -0.2) is 0 Å². The predicted octanol–water partition coefficient (Wildman–Crippen LogP) is 2.08. The monoisotopic (exact) mass is 136 g/mol. The van der Waals surface area contributed by atoms with E-state index in [2.05, 4.69) is 13.0 Å². The van der Waals surface area contributed by atoms with E-state index < -0.39 is 0 Å². The van der Waals surface area contributed by atoms with Crippen LogP contribution < -0.4 is 0 Å². The largest absolute Gasteiger partial charge is 0.299 e. The molecule has 0 aromatic heterocycles. The highest BCUT2D eigenvalue weighted by molar-refractivity contribution is 5.90. The lowest BCUT2D eigenvalue weighted by atomic mass is 9.87. The van der Waals surface area contributed by atoms with Gasteiger partial charge in [0.05, 0.1) is 0 Å². The second kappa shape index (κ2) is 1.71. The third-order valence-electron chi connectivity index (χ3n) is 2.61. The van der Waals surface area contributed by atoms with E-state index >= 15 is 0 Å². The van der Waals surface area contributed by atoms with Crippen molar-refractivity contribution in [1.82, 2.24) is 0 Å².